The molecule has 0 saturated carbocycles. The van der Waals surface area contributed by atoms with Crippen molar-refractivity contribution in [2.45, 2.75) is 24.7 Å². The number of carbonyl (C=O) groups excluding carboxylic acids is 1. The zero-order valence-corrected chi connectivity index (χ0v) is 15.3. The molecule has 1 unspecified atom stereocenters. The smallest absolute Gasteiger partial charge is 0.225 e. The summed E-state index contributed by atoms with van der Waals surface area (Å²) in [6.07, 6.45) is 5.41. The maximum atomic E-state index is 12.4. The molecule has 6 heteroatoms. The van der Waals surface area contributed by atoms with Gasteiger partial charge in [-0.3, -0.25) is 4.79 Å². The normalized spacial score (nSPS) is 17.3. The Morgan fingerprint density at radius 2 is 2.04 bits per heavy atom. The summed E-state index contributed by atoms with van der Waals surface area (Å²) in [7, 11) is 0. The minimum Gasteiger partial charge on any atom is -0.355 e. The van der Waals surface area contributed by atoms with Gasteiger partial charge in [0.1, 0.15) is 0 Å². The summed E-state index contributed by atoms with van der Waals surface area (Å²) in [6.45, 7) is 4.39. The van der Waals surface area contributed by atoms with Crippen LogP contribution in [0.15, 0.2) is 47.6 Å². The molecule has 0 aliphatic carbocycles. The van der Waals surface area contributed by atoms with Crippen molar-refractivity contribution in [1.29, 1.82) is 0 Å². The minimum absolute atomic E-state index is 0.0157. The minimum atomic E-state index is 0.0157. The number of aryl methyl sites for hydroxylation is 1. The predicted octanol–water partition coefficient (Wildman–Crippen LogP) is 2.91. The summed E-state index contributed by atoms with van der Waals surface area (Å²) in [5.41, 5.74) is 1.27. The molecule has 1 N–H and O–H groups in total. The molecule has 1 amide bonds. The second kappa shape index (κ2) is 8.85. The van der Waals surface area contributed by atoms with Crippen molar-refractivity contribution in [2.24, 2.45) is 5.92 Å². The van der Waals surface area contributed by atoms with Crippen molar-refractivity contribution < 1.29 is 4.79 Å². The lowest BCUT2D eigenvalue weighted by Gasteiger charge is -2.31. The van der Waals surface area contributed by atoms with Crippen LogP contribution in [0.4, 0.5) is 5.95 Å². The molecule has 5 nitrogen and oxygen atoms in total. The van der Waals surface area contributed by atoms with E-state index >= 15 is 0 Å². The average Bonchev–Trinajstić information content (AvgIpc) is 2.67. The molecule has 3 rings (SSSR count). The van der Waals surface area contributed by atoms with E-state index in [4.69, 9.17) is 0 Å². The molecular weight excluding hydrogens is 332 g/mol. The number of carbonyl (C=O) groups is 1. The van der Waals surface area contributed by atoms with E-state index in [1.54, 1.807) is 24.2 Å². The van der Waals surface area contributed by atoms with Crippen molar-refractivity contribution in [3.63, 3.8) is 0 Å². The van der Waals surface area contributed by atoms with Gasteiger partial charge in [-0.2, -0.15) is 0 Å². The molecule has 1 atom stereocenters. The molecule has 0 spiro atoms. The standard InChI is InChI=1S/C19H24N4OS/c1-15-5-7-17(8-6-15)25-13-11-20-18(24)16-4-2-12-23(14-16)19-21-9-3-10-22-19/h3,5-10,16H,2,4,11-14H2,1H3,(H,20,24). The predicted molar refractivity (Wildman–Crippen MR) is 102 cm³/mol. The molecule has 0 bridgehead atoms. The van der Waals surface area contributed by atoms with Crippen LogP contribution in [0.3, 0.4) is 0 Å². The molecule has 2 aromatic rings. The van der Waals surface area contributed by atoms with Crippen molar-refractivity contribution in [1.82, 2.24) is 15.3 Å². The van der Waals surface area contributed by atoms with E-state index in [0.717, 1.165) is 31.1 Å². The molecule has 1 aromatic carbocycles. The van der Waals surface area contributed by atoms with E-state index in [0.29, 0.717) is 13.1 Å². The van der Waals surface area contributed by atoms with Gasteiger partial charge in [0.25, 0.3) is 0 Å². The Kier molecular flexibility index (Phi) is 6.28. The van der Waals surface area contributed by atoms with Gasteiger partial charge in [-0.15, -0.1) is 11.8 Å². The second-order valence-corrected chi connectivity index (χ2v) is 7.45. The van der Waals surface area contributed by atoms with Crippen LogP contribution in [-0.2, 0) is 4.79 Å². The Morgan fingerprint density at radius 1 is 1.28 bits per heavy atom. The van der Waals surface area contributed by atoms with Gasteiger partial charge in [-0.1, -0.05) is 17.7 Å². The summed E-state index contributed by atoms with van der Waals surface area (Å²) >= 11 is 1.77. The first-order valence-corrected chi connectivity index (χ1v) is 9.70. The molecular formula is C19H24N4OS. The number of nitrogens with one attached hydrogen (secondary N) is 1. The van der Waals surface area contributed by atoms with E-state index in [1.165, 1.54) is 10.5 Å². The van der Waals surface area contributed by atoms with Gasteiger partial charge in [-0.05, 0) is 38.0 Å². The molecule has 1 fully saturated rings. The van der Waals surface area contributed by atoms with Gasteiger partial charge in [0.05, 0.1) is 5.92 Å². The highest BCUT2D eigenvalue weighted by Gasteiger charge is 2.26. The lowest BCUT2D eigenvalue weighted by atomic mass is 9.97. The summed E-state index contributed by atoms with van der Waals surface area (Å²) in [6, 6.07) is 10.3. The summed E-state index contributed by atoms with van der Waals surface area (Å²) in [5.74, 6) is 1.76. The largest absolute Gasteiger partial charge is 0.355 e. The highest BCUT2D eigenvalue weighted by molar-refractivity contribution is 7.99. The molecule has 1 saturated heterocycles. The van der Waals surface area contributed by atoms with Crippen LogP contribution >= 0.6 is 11.8 Å². The molecule has 1 aromatic heterocycles. The SMILES string of the molecule is Cc1ccc(SCCNC(=O)C2CCCN(c3ncccn3)C2)cc1. The first-order chi connectivity index (χ1) is 12.2. The highest BCUT2D eigenvalue weighted by Crippen LogP contribution is 2.20. The van der Waals surface area contributed by atoms with E-state index in [-0.39, 0.29) is 11.8 Å². The van der Waals surface area contributed by atoms with Crippen molar-refractivity contribution in [3.05, 3.63) is 48.3 Å². The number of nitrogens with zero attached hydrogens (tertiary/aromatic N) is 3. The maximum Gasteiger partial charge on any atom is 0.225 e. The Morgan fingerprint density at radius 3 is 2.80 bits per heavy atom. The fourth-order valence-electron chi connectivity index (χ4n) is 2.95. The van der Waals surface area contributed by atoms with Gasteiger partial charge < -0.3 is 10.2 Å². The quantitative estimate of drug-likeness (QED) is 0.637. The Bertz CT molecular complexity index is 678. The summed E-state index contributed by atoms with van der Waals surface area (Å²) < 4.78 is 0. The van der Waals surface area contributed by atoms with E-state index in [9.17, 15) is 4.79 Å². The van der Waals surface area contributed by atoms with Crippen molar-refractivity contribution in [3.8, 4) is 0 Å². The number of rotatable bonds is 6. The van der Waals surface area contributed by atoms with Gasteiger partial charge in [-0.25, -0.2) is 9.97 Å². The number of thioether (sulfide) groups is 1. The fraction of sp³-hybridized carbons (Fsp3) is 0.421. The van der Waals surface area contributed by atoms with Crippen LogP contribution in [-0.4, -0.2) is 41.3 Å². The van der Waals surface area contributed by atoms with Crippen LogP contribution in [0.1, 0.15) is 18.4 Å². The first kappa shape index (κ1) is 17.7. The number of piperidine rings is 1. The van der Waals surface area contributed by atoms with Crippen LogP contribution in [0, 0.1) is 12.8 Å². The third kappa shape index (κ3) is 5.19. The van der Waals surface area contributed by atoms with Gasteiger partial charge in [0.2, 0.25) is 11.9 Å². The number of amides is 1. The van der Waals surface area contributed by atoms with E-state index in [2.05, 4.69) is 51.4 Å². The molecule has 1 aliphatic rings. The lowest BCUT2D eigenvalue weighted by molar-refractivity contribution is -0.125. The van der Waals surface area contributed by atoms with Gasteiger partial charge >= 0.3 is 0 Å². The molecule has 0 radical (unpaired) electrons. The van der Waals surface area contributed by atoms with Crippen LogP contribution < -0.4 is 10.2 Å². The molecule has 132 valence electrons. The number of benzene rings is 1. The Balaban J connectivity index is 1.42. The maximum absolute atomic E-state index is 12.4. The zero-order chi connectivity index (χ0) is 17.5. The van der Waals surface area contributed by atoms with Crippen molar-refractivity contribution >= 4 is 23.6 Å². The van der Waals surface area contributed by atoms with E-state index in [1.807, 2.05) is 6.07 Å². The second-order valence-electron chi connectivity index (χ2n) is 6.29. The number of anilines is 1. The fourth-order valence-corrected chi connectivity index (χ4v) is 3.72. The number of hydrogen-bond donors (Lipinski definition) is 1. The third-order valence-corrected chi connectivity index (χ3v) is 5.33. The molecule has 2 heterocycles. The van der Waals surface area contributed by atoms with Crippen molar-refractivity contribution in [2.75, 3.05) is 30.3 Å². The van der Waals surface area contributed by atoms with Gasteiger partial charge in [0, 0.05) is 42.7 Å². The zero-order valence-electron chi connectivity index (χ0n) is 14.5. The summed E-state index contributed by atoms with van der Waals surface area (Å²) in [5, 5.41) is 3.08. The number of aromatic nitrogens is 2. The topological polar surface area (TPSA) is 58.1 Å². The third-order valence-electron chi connectivity index (χ3n) is 4.32. The average molecular weight is 356 g/mol. The van der Waals surface area contributed by atoms with Crippen LogP contribution in [0.2, 0.25) is 0 Å². The monoisotopic (exact) mass is 356 g/mol. The molecule has 1 aliphatic heterocycles. The van der Waals surface area contributed by atoms with Crippen LogP contribution in [0.25, 0.3) is 0 Å². The Labute approximate surface area is 153 Å². The number of hydrogen-bond acceptors (Lipinski definition) is 5. The summed E-state index contributed by atoms with van der Waals surface area (Å²) in [4.78, 5) is 24.4. The Hall–Kier alpha value is -2.08. The lowest BCUT2D eigenvalue weighted by Crippen LogP contribution is -2.44. The van der Waals surface area contributed by atoms with E-state index < -0.39 is 0 Å². The first-order valence-electron chi connectivity index (χ1n) is 8.71. The molecule has 25 heavy (non-hydrogen) atoms. The van der Waals surface area contributed by atoms with Crippen LogP contribution in [0.5, 0.6) is 0 Å². The van der Waals surface area contributed by atoms with Gasteiger partial charge in [0.15, 0.2) is 0 Å². The highest BCUT2D eigenvalue weighted by atomic mass is 32.2.